The van der Waals surface area contributed by atoms with Crippen LogP contribution < -0.4 is 16.0 Å². The number of hydrazine groups is 1. The minimum Gasteiger partial charge on any atom is -0.496 e. The Kier molecular flexibility index (Phi) is 4.01. The Hall–Kier alpha value is -1.36. The van der Waals surface area contributed by atoms with Crippen molar-refractivity contribution in [2.75, 3.05) is 7.11 Å². The second-order valence-corrected chi connectivity index (χ2v) is 5.22. The average molecular weight is 262 g/mol. The first-order valence-corrected chi connectivity index (χ1v) is 6.70. The Balaban J connectivity index is 2.52. The van der Waals surface area contributed by atoms with Crippen LogP contribution in [0.1, 0.15) is 27.6 Å². The number of thiophene rings is 1. The zero-order valence-corrected chi connectivity index (χ0v) is 11.7. The Morgan fingerprint density at radius 1 is 1.28 bits per heavy atom. The molecule has 18 heavy (non-hydrogen) atoms. The highest BCUT2D eigenvalue weighted by Crippen LogP contribution is 2.35. The summed E-state index contributed by atoms with van der Waals surface area (Å²) in [4.78, 5) is 1.18. The number of nitrogens with one attached hydrogen (secondary N) is 1. The fourth-order valence-electron chi connectivity index (χ4n) is 2.09. The summed E-state index contributed by atoms with van der Waals surface area (Å²) in [5.74, 6) is 6.62. The number of benzene rings is 1. The summed E-state index contributed by atoms with van der Waals surface area (Å²) < 4.78 is 5.55. The van der Waals surface area contributed by atoms with Crippen molar-refractivity contribution in [2.45, 2.75) is 19.9 Å². The fraction of sp³-hybridized carbons (Fsp3) is 0.286. The zero-order chi connectivity index (χ0) is 13.1. The van der Waals surface area contributed by atoms with E-state index in [0.29, 0.717) is 0 Å². The van der Waals surface area contributed by atoms with Gasteiger partial charge in [0.05, 0.1) is 13.2 Å². The van der Waals surface area contributed by atoms with Crippen LogP contribution in [0.4, 0.5) is 0 Å². The van der Waals surface area contributed by atoms with E-state index in [4.69, 9.17) is 10.6 Å². The molecule has 0 fully saturated rings. The number of hydrogen-bond donors (Lipinski definition) is 2. The van der Waals surface area contributed by atoms with E-state index in [2.05, 4.69) is 37.5 Å². The second-order valence-electron chi connectivity index (χ2n) is 4.25. The van der Waals surface area contributed by atoms with Crippen LogP contribution in [-0.4, -0.2) is 7.11 Å². The van der Waals surface area contributed by atoms with Gasteiger partial charge in [-0.2, -0.15) is 0 Å². The first-order chi connectivity index (χ1) is 8.69. The highest BCUT2D eigenvalue weighted by molar-refractivity contribution is 7.10. The predicted octanol–water partition coefficient (Wildman–Crippen LogP) is 2.93. The lowest BCUT2D eigenvalue weighted by molar-refractivity contribution is 0.401. The third kappa shape index (κ3) is 2.27. The number of methoxy groups -OCH3 is 1. The maximum atomic E-state index is 5.71. The number of hydrogen-bond acceptors (Lipinski definition) is 4. The largest absolute Gasteiger partial charge is 0.496 e. The molecule has 2 aromatic rings. The van der Waals surface area contributed by atoms with Crippen LogP contribution in [-0.2, 0) is 0 Å². The van der Waals surface area contributed by atoms with Gasteiger partial charge in [0.2, 0.25) is 0 Å². The smallest absolute Gasteiger partial charge is 0.127 e. The number of nitrogens with two attached hydrogens (primary N) is 1. The molecule has 3 N–H and O–H groups in total. The molecular formula is C14H18N2OS. The number of aryl methyl sites for hydroxylation is 1. The molecule has 0 aliphatic heterocycles. The van der Waals surface area contributed by atoms with Crippen molar-refractivity contribution >= 4 is 11.3 Å². The molecule has 0 aliphatic carbocycles. The zero-order valence-electron chi connectivity index (χ0n) is 10.9. The molecule has 0 bridgehead atoms. The highest BCUT2D eigenvalue weighted by Gasteiger charge is 2.19. The Morgan fingerprint density at radius 2 is 2.06 bits per heavy atom. The van der Waals surface area contributed by atoms with E-state index in [9.17, 15) is 0 Å². The molecule has 0 aliphatic rings. The van der Waals surface area contributed by atoms with Crippen LogP contribution in [0.2, 0.25) is 0 Å². The topological polar surface area (TPSA) is 47.3 Å². The van der Waals surface area contributed by atoms with Crippen LogP contribution in [0.3, 0.4) is 0 Å². The Labute approximate surface area is 112 Å². The Bertz CT molecular complexity index is 523. The molecule has 0 radical (unpaired) electrons. The molecule has 1 aromatic heterocycles. The third-order valence-electron chi connectivity index (χ3n) is 3.22. The molecule has 0 saturated heterocycles. The SMILES string of the molecule is COc1c(C(NN)c2cccs2)ccc(C)c1C. The van der Waals surface area contributed by atoms with Gasteiger partial charge < -0.3 is 4.74 Å². The number of rotatable bonds is 4. The molecule has 1 atom stereocenters. The maximum Gasteiger partial charge on any atom is 0.127 e. The standard InChI is InChI=1S/C14H18N2OS/c1-9-6-7-11(14(17-3)10(9)2)13(16-15)12-5-4-8-18-12/h4-8,13,16H,15H2,1-3H3. The quantitative estimate of drug-likeness (QED) is 0.658. The van der Waals surface area contributed by atoms with Gasteiger partial charge in [-0.1, -0.05) is 18.2 Å². The molecule has 4 heteroatoms. The van der Waals surface area contributed by atoms with E-state index >= 15 is 0 Å². The molecule has 1 heterocycles. The fourth-order valence-corrected chi connectivity index (χ4v) is 2.89. The third-order valence-corrected chi connectivity index (χ3v) is 4.15. The van der Waals surface area contributed by atoms with E-state index in [1.54, 1.807) is 18.4 Å². The van der Waals surface area contributed by atoms with Crippen LogP contribution in [0.5, 0.6) is 5.75 Å². The van der Waals surface area contributed by atoms with Crippen molar-refractivity contribution in [1.82, 2.24) is 5.43 Å². The normalized spacial score (nSPS) is 12.4. The lowest BCUT2D eigenvalue weighted by Crippen LogP contribution is -2.28. The molecular weight excluding hydrogens is 244 g/mol. The monoisotopic (exact) mass is 262 g/mol. The van der Waals surface area contributed by atoms with Gasteiger partial charge in [-0.25, -0.2) is 5.43 Å². The summed E-state index contributed by atoms with van der Waals surface area (Å²) in [5, 5.41) is 2.05. The van der Waals surface area contributed by atoms with Crippen molar-refractivity contribution in [3.05, 3.63) is 51.2 Å². The molecule has 0 saturated carbocycles. The van der Waals surface area contributed by atoms with E-state index in [0.717, 1.165) is 16.9 Å². The molecule has 1 unspecified atom stereocenters. The van der Waals surface area contributed by atoms with Crippen molar-refractivity contribution < 1.29 is 4.74 Å². The second kappa shape index (κ2) is 5.52. The van der Waals surface area contributed by atoms with Gasteiger partial charge >= 0.3 is 0 Å². The van der Waals surface area contributed by atoms with Crippen LogP contribution in [0.25, 0.3) is 0 Å². The number of ether oxygens (including phenoxy) is 1. The van der Waals surface area contributed by atoms with Gasteiger partial charge in [0, 0.05) is 10.4 Å². The average Bonchev–Trinajstić information content (AvgIpc) is 2.89. The lowest BCUT2D eigenvalue weighted by atomic mass is 9.98. The molecule has 0 amide bonds. The van der Waals surface area contributed by atoms with Crippen molar-refractivity contribution in [1.29, 1.82) is 0 Å². The van der Waals surface area contributed by atoms with Crippen LogP contribution in [0, 0.1) is 13.8 Å². The Morgan fingerprint density at radius 3 is 2.61 bits per heavy atom. The first-order valence-electron chi connectivity index (χ1n) is 5.82. The van der Waals surface area contributed by atoms with E-state index in [-0.39, 0.29) is 6.04 Å². The first kappa shape index (κ1) is 13.1. The highest BCUT2D eigenvalue weighted by atomic mass is 32.1. The summed E-state index contributed by atoms with van der Waals surface area (Å²) in [6, 6.07) is 8.25. The van der Waals surface area contributed by atoms with Crippen molar-refractivity contribution in [3.63, 3.8) is 0 Å². The molecule has 1 aromatic carbocycles. The van der Waals surface area contributed by atoms with Crippen molar-refractivity contribution in [3.8, 4) is 5.75 Å². The van der Waals surface area contributed by atoms with Gasteiger partial charge in [-0.05, 0) is 36.4 Å². The van der Waals surface area contributed by atoms with E-state index in [1.807, 2.05) is 11.4 Å². The van der Waals surface area contributed by atoms with Crippen LogP contribution in [0.15, 0.2) is 29.6 Å². The summed E-state index contributed by atoms with van der Waals surface area (Å²) in [6.45, 7) is 4.15. The summed E-state index contributed by atoms with van der Waals surface area (Å²) >= 11 is 1.68. The van der Waals surface area contributed by atoms with Gasteiger partial charge in [0.15, 0.2) is 0 Å². The minimum atomic E-state index is -0.0285. The molecule has 3 nitrogen and oxygen atoms in total. The van der Waals surface area contributed by atoms with Gasteiger partial charge in [0.25, 0.3) is 0 Å². The van der Waals surface area contributed by atoms with Crippen molar-refractivity contribution in [2.24, 2.45) is 5.84 Å². The van der Waals surface area contributed by atoms with E-state index < -0.39 is 0 Å². The van der Waals surface area contributed by atoms with Gasteiger partial charge in [-0.3, -0.25) is 5.84 Å². The van der Waals surface area contributed by atoms with E-state index in [1.165, 1.54) is 10.4 Å². The van der Waals surface area contributed by atoms with Crippen LogP contribution >= 0.6 is 11.3 Å². The minimum absolute atomic E-state index is 0.0285. The summed E-state index contributed by atoms with van der Waals surface area (Å²) in [7, 11) is 1.70. The predicted molar refractivity (Wildman–Crippen MR) is 76.0 cm³/mol. The van der Waals surface area contributed by atoms with Gasteiger partial charge in [-0.15, -0.1) is 11.3 Å². The molecule has 2 rings (SSSR count). The van der Waals surface area contributed by atoms with Gasteiger partial charge in [0.1, 0.15) is 5.75 Å². The molecule has 0 spiro atoms. The summed E-state index contributed by atoms with van der Waals surface area (Å²) in [6.07, 6.45) is 0. The maximum absolute atomic E-state index is 5.71. The lowest BCUT2D eigenvalue weighted by Gasteiger charge is -2.20. The summed E-state index contributed by atoms with van der Waals surface area (Å²) in [5.41, 5.74) is 6.33. The molecule has 96 valence electrons.